The second-order valence-electron chi connectivity index (χ2n) is 7.07. The van der Waals surface area contributed by atoms with Crippen molar-refractivity contribution >= 4 is 22.6 Å². The molecular weight excluding hydrogens is 300 g/mol. The first kappa shape index (κ1) is 16.7. The lowest BCUT2D eigenvalue weighted by Gasteiger charge is -2.32. The lowest BCUT2D eigenvalue weighted by Crippen LogP contribution is -2.38. The molecule has 1 aliphatic rings. The number of aryl methyl sites for hydroxylation is 2. The van der Waals surface area contributed by atoms with Crippen molar-refractivity contribution < 1.29 is 9.59 Å². The minimum Gasteiger partial charge on any atom is -0.358 e. The number of ketones is 1. The van der Waals surface area contributed by atoms with Gasteiger partial charge in [-0.15, -0.1) is 0 Å². The van der Waals surface area contributed by atoms with Crippen LogP contribution in [-0.2, 0) is 9.59 Å². The fraction of sp³-hybridized carbons (Fsp3) is 0.500. The number of carbonyl (C=O) groups excluding carboxylic acids is 2. The van der Waals surface area contributed by atoms with Gasteiger partial charge in [-0.1, -0.05) is 11.6 Å². The molecule has 0 bridgehead atoms. The third kappa shape index (κ3) is 3.37. The SMILES string of the molecule is CC(=O)CCC(=O)N1CCC(c2[nH]c3ccc(C)cc3c2C)CC1. The van der Waals surface area contributed by atoms with E-state index in [2.05, 4.69) is 37.0 Å². The van der Waals surface area contributed by atoms with E-state index in [1.807, 2.05) is 4.90 Å². The van der Waals surface area contributed by atoms with Gasteiger partial charge in [-0.25, -0.2) is 0 Å². The van der Waals surface area contributed by atoms with Gasteiger partial charge in [0.1, 0.15) is 5.78 Å². The van der Waals surface area contributed by atoms with Crippen molar-refractivity contribution in [3.63, 3.8) is 0 Å². The number of Topliss-reactive ketones (excluding diaryl/α,β-unsaturated/α-hetero) is 1. The Bertz CT molecular complexity index is 767. The molecule has 1 amide bonds. The number of carbonyl (C=O) groups is 2. The molecule has 1 aromatic heterocycles. The lowest BCUT2D eigenvalue weighted by molar-refractivity contribution is -0.133. The molecular formula is C20H26N2O2. The monoisotopic (exact) mass is 326 g/mol. The Morgan fingerprint density at radius 2 is 1.88 bits per heavy atom. The van der Waals surface area contributed by atoms with E-state index in [4.69, 9.17) is 0 Å². The van der Waals surface area contributed by atoms with Gasteiger partial charge in [-0.05, 0) is 51.3 Å². The summed E-state index contributed by atoms with van der Waals surface area (Å²) in [5.74, 6) is 0.685. The van der Waals surface area contributed by atoms with Crippen molar-refractivity contribution in [3.8, 4) is 0 Å². The second-order valence-corrected chi connectivity index (χ2v) is 7.07. The lowest BCUT2D eigenvalue weighted by atomic mass is 9.91. The maximum atomic E-state index is 12.2. The minimum absolute atomic E-state index is 0.0854. The number of hydrogen-bond acceptors (Lipinski definition) is 2. The highest BCUT2D eigenvalue weighted by Crippen LogP contribution is 2.33. The number of benzene rings is 1. The number of H-pyrrole nitrogens is 1. The van der Waals surface area contributed by atoms with E-state index in [9.17, 15) is 9.59 Å². The van der Waals surface area contributed by atoms with Crippen LogP contribution in [0.15, 0.2) is 18.2 Å². The third-order valence-electron chi connectivity index (χ3n) is 5.20. The van der Waals surface area contributed by atoms with E-state index in [-0.39, 0.29) is 11.7 Å². The smallest absolute Gasteiger partial charge is 0.223 e. The molecule has 0 radical (unpaired) electrons. The molecule has 128 valence electrons. The van der Waals surface area contributed by atoms with Gasteiger partial charge in [-0.3, -0.25) is 4.79 Å². The molecule has 4 nitrogen and oxygen atoms in total. The van der Waals surface area contributed by atoms with Crippen molar-refractivity contribution in [3.05, 3.63) is 35.0 Å². The molecule has 0 spiro atoms. The maximum Gasteiger partial charge on any atom is 0.223 e. The average Bonchev–Trinajstić information content (AvgIpc) is 2.89. The topological polar surface area (TPSA) is 53.2 Å². The third-order valence-corrected chi connectivity index (χ3v) is 5.20. The van der Waals surface area contributed by atoms with E-state index in [0.29, 0.717) is 18.8 Å². The van der Waals surface area contributed by atoms with Crippen LogP contribution >= 0.6 is 0 Å². The van der Waals surface area contributed by atoms with Crippen LogP contribution in [0.1, 0.15) is 55.3 Å². The Labute approximate surface area is 143 Å². The highest BCUT2D eigenvalue weighted by Gasteiger charge is 2.26. The van der Waals surface area contributed by atoms with Crippen molar-refractivity contribution in [1.29, 1.82) is 0 Å². The molecule has 1 N–H and O–H groups in total. The van der Waals surface area contributed by atoms with Crippen LogP contribution < -0.4 is 0 Å². The molecule has 24 heavy (non-hydrogen) atoms. The van der Waals surface area contributed by atoms with Crippen LogP contribution in [-0.4, -0.2) is 34.7 Å². The molecule has 1 aliphatic heterocycles. The van der Waals surface area contributed by atoms with E-state index in [0.717, 1.165) is 25.9 Å². The fourth-order valence-corrected chi connectivity index (χ4v) is 3.73. The molecule has 1 fully saturated rings. The summed E-state index contributed by atoms with van der Waals surface area (Å²) < 4.78 is 0. The molecule has 1 aromatic carbocycles. The summed E-state index contributed by atoms with van der Waals surface area (Å²) in [5, 5.41) is 1.31. The van der Waals surface area contributed by atoms with E-state index in [1.165, 1.54) is 27.7 Å². The van der Waals surface area contributed by atoms with Crippen molar-refractivity contribution in [1.82, 2.24) is 9.88 Å². The predicted molar refractivity (Wildman–Crippen MR) is 96.2 cm³/mol. The van der Waals surface area contributed by atoms with E-state index >= 15 is 0 Å². The highest BCUT2D eigenvalue weighted by atomic mass is 16.2. The van der Waals surface area contributed by atoms with Crippen molar-refractivity contribution in [2.75, 3.05) is 13.1 Å². The van der Waals surface area contributed by atoms with Crippen molar-refractivity contribution in [2.45, 2.75) is 52.4 Å². The van der Waals surface area contributed by atoms with Crippen molar-refractivity contribution in [2.24, 2.45) is 0 Å². The van der Waals surface area contributed by atoms with Crippen LogP contribution in [0.2, 0.25) is 0 Å². The van der Waals surface area contributed by atoms with Crippen LogP contribution in [0.5, 0.6) is 0 Å². The molecule has 4 heteroatoms. The Kier molecular flexibility index (Phi) is 4.74. The number of aromatic nitrogens is 1. The molecule has 1 saturated heterocycles. The van der Waals surface area contributed by atoms with Gasteiger partial charge in [-0.2, -0.15) is 0 Å². The normalized spacial score (nSPS) is 15.9. The zero-order chi connectivity index (χ0) is 17.3. The zero-order valence-electron chi connectivity index (χ0n) is 14.8. The van der Waals surface area contributed by atoms with E-state index < -0.39 is 0 Å². The number of amides is 1. The number of hydrogen-bond donors (Lipinski definition) is 1. The van der Waals surface area contributed by atoms with Gasteiger partial charge >= 0.3 is 0 Å². The number of piperidine rings is 1. The Hall–Kier alpha value is -2.10. The quantitative estimate of drug-likeness (QED) is 0.927. The Balaban J connectivity index is 1.68. The van der Waals surface area contributed by atoms with Crippen LogP contribution in [0.4, 0.5) is 0 Å². The standard InChI is InChI=1S/C20H26N2O2/c1-13-4-6-18-17(12-13)15(3)20(21-18)16-8-10-22(11-9-16)19(24)7-5-14(2)23/h4,6,12,16,21H,5,7-11H2,1-3H3. The van der Waals surface area contributed by atoms with Gasteiger partial charge in [0.05, 0.1) is 0 Å². The largest absolute Gasteiger partial charge is 0.358 e. The summed E-state index contributed by atoms with van der Waals surface area (Å²) in [6.07, 6.45) is 2.68. The maximum absolute atomic E-state index is 12.2. The molecule has 0 unspecified atom stereocenters. The summed E-state index contributed by atoms with van der Waals surface area (Å²) in [4.78, 5) is 28.7. The second kappa shape index (κ2) is 6.80. The number of nitrogens with one attached hydrogen (secondary N) is 1. The number of nitrogens with zero attached hydrogens (tertiary/aromatic N) is 1. The zero-order valence-corrected chi connectivity index (χ0v) is 14.8. The van der Waals surface area contributed by atoms with Gasteiger partial charge in [0.25, 0.3) is 0 Å². The Morgan fingerprint density at radius 3 is 2.54 bits per heavy atom. The van der Waals surface area contributed by atoms with Crippen LogP contribution in [0, 0.1) is 13.8 Å². The van der Waals surface area contributed by atoms with Gasteiger partial charge < -0.3 is 14.7 Å². The first-order chi connectivity index (χ1) is 11.5. The molecule has 0 atom stereocenters. The first-order valence-electron chi connectivity index (χ1n) is 8.81. The summed E-state index contributed by atoms with van der Waals surface area (Å²) >= 11 is 0. The summed E-state index contributed by atoms with van der Waals surface area (Å²) in [7, 11) is 0. The molecule has 0 saturated carbocycles. The summed E-state index contributed by atoms with van der Waals surface area (Å²) in [6.45, 7) is 7.43. The van der Waals surface area contributed by atoms with Crippen LogP contribution in [0.3, 0.4) is 0 Å². The number of rotatable bonds is 4. The van der Waals surface area contributed by atoms with E-state index in [1.54, 1.807) is 6.92 Å². The number of aromatic amines is 1. The highest BCUT2D eigenvalue weighted by molar-refractivity contribution is 5.85. The average molecular weight is 326 g/mol. The molecule has 2 heterocycles. The Morgan fingerprint density at radius 1 is 1.17 bits per heavy atom. The molecule has 0 aliphatic carbocycles. The number of likely N-dealkylation sites (tertiary alicyclic amines) is 1. The van der Waals surface area contributed by atoms with Gasteiger partial charge in [0, 0.05) is 48.4 Å². The molecule has 3 rings (SSSR count). The number of fused-ring (bicyclic) bond motifs is 1. The summed E-state index contributed by atoms with van der Waals surface area (Å²) in [5.41, 5.74) is 5.15. The predicted octanol–water partition coefficient (Wildman–Crippen LogP) is 3.86. The minimum atomic E-state index is 0.0854. The first-order valence-corrected chi connectivity index (χ1v) is 8.81. The fourth-order valence-electron chi connectivity index (χ4n) is 3.73. The molecule has 2 aromatic rings. The van der Waals surface area contributed by atoms with Gasteiger partial charge in [0.2, 0.25) is 5.91 Å². The van der Waals surface area contributed by atoms with Crippen LogP contribution in [0.25, 0.3) is 10.9 Å². The summed E-state index contributed by atoms with van der Waals surface area (Å²) in [6, 6.07) is 6.53. The van der Waals surface area contributed by atoms with Gasteiger partial charge in [0.15, 0.2) is 0 Å².